The molecular weight excluding hydrogens is 286 g/mol. The first kappa shape index (κ1) is 14.3. The first-order valence-electron chi connectivity index (χ1n) is 7.12. The van der Waals surface area contributed by atoms with Crippen molar-refractivity contribution in [2.45, 2.75) is 19.0 Å². The normalized spacial score (nSPS) is 25.8. The molecule has 2 saturated heterocycles. The number of amides is 1. The molecule has 2 aliphatic rings. The van der Waals surface area contributed by atoms with E-state index in [9.17, 15) is 4.79 Å². The number of methoxy groups -OCH3 is 1. The van der Waals surface area contributed by atoms with Gasteiger partial charge in [-0.25, -0.2) is 0 Å². The highest BCUT2D eigenvalue weighted by Gasteiger charge is 2.38. The average molecular weight is 305 g/mol. The van der Waals surface area contributed by atoms with Crippen molar-refractivity contribution in [1.82, 2.24) is 15.5 Å². The van der Waals surface area contributed by atoms with Gasteiger partial charge in [-0.05, 0) is 36.3 Å². The summed E-state index contributed by atoms with van der Waals surface area (Å²) in [4.78, 5) is 14.4. The third-order valence-electron chi connectivity index (χ3n) is 4.15. The minimum Gasteiger partial charge on any atom is -0.497 e. The lowest BCUT2D eigenvalue weighted by molar-refractivity contribution is -0.127. The molecule has 1 aromatic carbocycles. The summed E-state index contributed by atoms with van der Waals surface area (Å²) in [6.07, 6.45) is 0.939. The molecule has 0 radical (unpaired) electrons. The van der Waals surface area contributed by atoms with E-state index in [2.05, 4.69) is 27.7 Å². The number of thiocarbonyl (C=S) groups is 1. The maximum atomic E-state index is 12.0. The molecule has 2 N–H and O–H groups in total. The maximum Gasteiger partial charge on any atom is 0.232 e. The second-order valence-electron chi connectivity index (χ2n) is 5.55. The quantitative estimate of drug-likeness (QED) is 0.812. The molecule has 0 bridgehead atoms. The summed E-state index contributed by atoms with van der Waals surface area (Å²) >= 11 is 5.04. The van der Waals surface area contributed by atoms with Crippen molar-refractivity contribution in [2.24, 2.45) is 5.92 Å². The summed E-state index contributed by atoms with van der Waals surface area (Å²) in [5.41, 5.74) is 1.23. The highest BCUT2D eigenvalue weighted by Crippen LogP contribution is 2.22. The molecule has 0 aliphatic carbocycles. The van der Waals surface area contributed by atoms with E-state index in [1.165, 1.54) is 5.56 Å². The average Bonchev–Trinajstić information content (AvgIpc) is 2.48. The predicted molar refractivity (Wildman–Crippen MR) is 84.0 cm³/mol. The van der Waals surface area contributed by atoms with Crippen LogP contribution in [0.15, 0.2) is 24.3 Å². The Kier molecular flexibility index (Phi) is 4.07. The summed E-state index contributed by atoms with van der Waals surface area (Å²) in [7, 11) is 1.67. The molecule has 21 heavy (non-hydrogen) atoms. The Labute approximate surface area is 129 Å². The Morgan fingerprint density at radius 1 is 1.38 bits per heavy atom. The van der Waals surface area contributed by atoms with Gasteiger partial charge in [0.05, 0.1) is 13.0 Å². The van der Waals surface area contributed by atoms with Crippen LogP contribution in [0.4, 0.5) is 0 Å². The number of ether oxygens (including phenoxy) is 1. The monoisotopic (exact) mass is 305 g/mol. The van der Waals surface area contributed by atoms with Gasteiger partial charge in [-0.15, -0.1) is 0 Å². The zero-order valence-electron chi connectivity index (χ0n) is 12.0. The van der Waals surface area contributed by atoms with E-state index in [0.717, 1.165) is 31.8 Å². The smallest absolute Gasteiger partial charge is 0.232 e. The van der Waals surface area contributed by atoms with Gasteiger partial charge in [0.25, 0.3) is 0 Å². The van der Waals surface area contributed by atoms with Crippen molar-refractivity contribution in [3.63, 3.8) is 0 Å². The fourth-order valence-corrected chi connectivity index (χ4v) is 3.25. The van der Waals surface area contributed by atoms with Crippen LogP contribution in [0.3, 0.4) is 0 Å². The van der Waals surface area contributed by atoms with E-state index < -0.39 is 0 Å². The molecular formula is C15H19N3O2S. The van der Waals surface area contributed by atoms with Crippen molar-refractivity contribution < 1.29 is 9.53 Å². The molecule has 2 fully saturated rings. The van der Waals surface area contributed by atoms with Crippen molar-refractivity contribution in [2.75, 3.05) is 20.2 Å². The zero-order chi connectivity index (χ0) is 14.8. The number of fused-ring (bicyclic) bond motifs is 1. The highest BCUT2D eigenvalue weighted by atomic mass is 32.1. The van der Waals surface area contributed by atoms with Gasteiger partial charge in [-0.1, -0.05) is 12.1 Å². The summed E-state index contributed by atoms with van der Waals surface area (Å²) in [6.45, 7) is 2.58. The molecule has 112 valence electrons. The number of nitrogens with zero attached hydrogens (tertiary/aromatic N) is 1. The van der Waals surface area contributed by atoms with Crippen molar-refractivity contribution in [1.29, 1.82) is 0 Å². The Balaban J connectivity index is 1.63. The summed E-state index contributed by atoms with van der Waals surface area (Å²) in [6, 6.07) is 8.25. The first-order chi connectivity index (χ1) is 10.2. The van der Waals surface area contributed by atoms with Crippen molar-refractivity contribution in [3.05, 3.63) is 29.8 Å². The van der Waals surface area contributed by atoms with Crippen LogP contribution in [0, 0.1) is 5.92 Å². The van der Waals surface area contributed by atoms with Crippen LogP contribution in [-0.4, -0.2) is 42.2 Å². The van der Waals surface area contributed by atoms with Gasteiger partial charge in [-0.3, -0.25) is 9.69 Å². The number of hydrogen-bond donors (Lipinski definition) is 2. The van der Waals surface area contributed by atoms with Crippen LogP contribution in [0.5, 0.6) is 5.75 Å². The van der Waals surface area contributed by atoms with Crippen LogP contribution >= 0.6 is 12.2 Å². The number of carbonyl (C=O) groups excluding carboxylic acids is 1. The SMILES string of the molecule is COc1ccc(CN2CCC3NC(=S)NC(=O)C3C2)cc1. The van der Waals surface area contributed by atoms with Crippen LogP contribution < -0.4 is 15.4 Å². The number of piperidine rings is 1. The van der Waals surface area contributed by atoms with Gasteiger partial charge in [0, 0.05) is 25.7 Å². The molecule has 5 nitrogen and oxygen atoms in total. The van der Waals surface area contributed by atoms with Gasteiger partial charge in [0.2, 0.25) is 5.91 Å². The number of carbonyl (C=O) groups is 1. The molecule has 2 atom stereocenters. The highest BCUT2D eigenvalue weighted by molar-refractivity contribution is 7.80. The molecule has 2 unspecified atom stereocenters. The second-order valence-corrected chi connectivity index (χ2v) is 5.96. The van der Waals surface area contributed by atoms with Crippen LogP contribution in [0.1, 0.15) is 12.0 Å². The van der Waals surface area contributed by atoms with Gasteiger partial charge < -0.3 is 15.4 Å². The molecule has 1 aromatic rings. The maximum absolute atomic E-state index is 12.0. The number of hydrogen-bond acceptors (Lipinski definition) is 4. The minimum atomic E-state index is -0.0244. The van der Waals surface area contributed by atoms with Crippen molar-refractivity contribution >= 4 is 23.2 Å². The molecule has 0 spiro atoms. The van der Waals surface area contributed by atoms with E-state index in [1.807, 2.05) is 12.1 Å². The lowest BCUT2D eigenvalue weighted by Crippen LogP contribution is -2.63. The number of likely N-dealkylation sites (tertiary alicyclic amines) is 1. The van der Waals surface area contributed by atoms with Gasteiger partial charge in [0.1, 0.15) is 5.75 Å². The minimum absolute atomic E-state index is 0.0244. The predicted octanol–water partition coefficient (Wildman–Crippen LogP) is 0.890. The van der Waals surface area contributed by atoms with E-state index in [4.69, 9.17) is 17.0 Å². The van der Waals surface area contributed by atoms with E-state index in [1.54, 1.807) is 7.11 Å². The van der Waals surface area contributed by atoms with E-state index in [0.29, 0.717) is 5.11 Å². The fourth-order valence-electron chi connectivity index (χ4n) is 3.00. The van der Waals surface area contributed by atoms with Crippen LogP contribution in [0.2, 0.25) is 0 Å². The molecule has 6 heteroatoms. The lowest BCUT2D eigenvalue weighted by atomic mass is 9.90. The number of nitrogens with one attached hydrogen (secondary N) is 2. The molecule has 3 rings (SSSR count). The first-order valence-corrected chi connectivity index (χ1v) is 7.53. The fraction of sp³-hybridized carbons (Fsp3) is 0.467. The summed E-state index contributed by atoms with van der Waals surface area (Å²) in [5.74, 6) is 0.883. The van der Waals surface area contributed by atoms with Gasteiger partial charge in [-0.2, -0.15) is 0 Å². The molecule has 2 heterocycles. The molecule has 1 amide bonds. The Bertz CT molecular complexity index is 546. The zero-order valence-corrected chi connectivity index (χ0v) is 12.8. The van der Waals surface area contributed by atoms with E-state index >= 15 is 0 Å². The Hall–Kier alpha value is -1.66. The van der Waals surface area contributed by atoms with E-state index in [-0.39, 0.29) is 17.9 Å². The number of rotatable bonds is 3. The van der Waals surface area contributed by atoms with Crippen LogP contribution in [-0.2, 0) is 11.3 Å². The Morgan fingerprint density at radius 2 is 2.14 bits per heavy atom. The topological polar surface area (TPSA) is 53.6 Å². The van der Waals surface area contributed by atoms with Crippen molar-refractivity contribution in [3.8, 4) is 5.75 Å². The second kappa shape index (κ2) is 5.99. The van der Waals surface area contributed by atoms with Crippen LogP contribution in [0.25, 0.3) is 0 Å². The molecule has 2 aliphatic heterocycles. The van der Waals surface area contributed by atoms with Gasteiger partial charge >= 0.3 is 0 Å². The Morgan fingerprint density at radius 3 is 2.86 bits per heavy atom. The third-order valence-corrected chi connectivity index (χ3v) is 4.37. The molecule has 0 aromatic heterocycles. The lowest BCUT2D eigenvalue weighted by Gasteiger charge is -2.41. The standard InChI is InChI=1S/C15H19N3O2S/c1-20-11-4-2-10(3-5-11)8-18-7-6-13-12(9-18)14(19)17-15(21)16-13/h2-5,12-13H,6-9H2,1H3,(H2,16,17,19,21). The molecule has 0 saturated carbocycles. The number of benzene rings is 1. The van der Waals surface area contributed by atoms with Gasteiger partial charge in [0.15, 0.2) is 5.11 Å². The summed E-state index contributed by atoms with van der Waals surface area (Å²) in [5, 5.41) is 6.38. The summed E-state index contributed by atoms with van der Waals surface area (Å²) < 4.78 is 5.17. The third kappa shape index (κ3) is 3.16. The largest absolute Gasteiger partial charge is 0.497 e.